The van der Waals surface area contributed by atoms with Crippen molar-refractivity contribution in [2.45, 2.75) is 24.9 Å². The van der Waals surface area contributed by atoms with E-state index in [1.54, 1.807) is 12.1 Å². The van der Waals surface area contributed by atoms with Crippen molar-refractivity contribution in [3.63, 3.8) is 0 Å². The van der Waals surface area contributed by atoms with E-state index in [9.17, 15) is 13.2 Å². The lowest BCUT2D eigenvalue weighted by Gasteiger charge is -2.14. The van der Waals surface area contributed by atoms with Gasteiger partial charge in [0, 0.05) is 10.8 Å². The maximum atomic E-state index is 13.0. The summed E-state index contributed by atoms with van der Waals surface area (Å²) in [6.07, 6.45) is -3.10. The van der Waals surface area contributed by atoms with Crippen molar-refractivity contribution in [1.29, 1.82) is 5.26 Å². The monoisotopic (exact) mass is 309 g/mol. The van der Waals surface area contributed by atoms with E-state index < -0.39 is 11.7 Å². The number of nitrogens with zero attached hydrogens (tertiary/aromatic N) is 2. The summed E-state index contributed by atoms with van der Waals surface area (Å²) in [6.45, 7) is 0. The third-order valence-electron chi connectivity index (χ3n) is 3.60. The molecule has 21 heavy (non-hydrogen) atoms. The molecule has 1 aromatic heterocycles. The van der Waals surface area contributed by atoms with Gasteiger partial charge in [-0.3, -0.25) is 0 Å². The number of aryl methyl sites for hydroxylation is 1. The van der Waals surface area contributed by atoms with Crippen molar-refractivity contribution in [2.24, 2.45) is 0 Å². The molecule has 3 rings (SSSR count). The minimum Gasteiger partial charge on any atom is -0.375 e. The van der Waals surface area contributed by atoms with Crippen LogP contribution in [0.1, 0.15) is 39.6 Å². The van der Waals surface area contributed by atoms with Gasteiger partial charge >= 0.3 is 6.18 Å². The first kappa shape index (κ1) is 13.9. The van der Waals surface area contributed by atoms with Crippen LogP contribution >= 0.6 is 11.3 Å². The summed E-state index contributed by atoms with van der Waals surface area (Å²) in [5.41, 5.74) is 5.86. The molecule has 0 saturated heterocycles. The molecule has 108 valence electrons. The molecule has 1 unspecified atom stereocenters. The fourth-order valence-electron chi connectivity index (χ4n) is 2.67. The van der Waals surface area contributed by atoms with Crippen LogP contribution in [0.3, 0.4) is 0 Å². The lowest BCUT2D eigenvalue weighted by Crippen LogP contribution is -2.09. The number of nitriles is 1. The van der Waals surface area contributed by atoms with Gasteiger partial charge in [-0.15, -0.1) is 11.3 Å². The topological polar surface area (TPSA) is 62.7 Å². The Hall–Kier alpha value is -2.07. The molecule has 0 amide bonds. The molecule has 0 bridgehead atoms. The SMILES string of the molecule is N#Cc1ccc(C2CCc3nc(N)sc32)cc1C(F)(F)F. The molecule has 1 atom stereocenters. The van der Waals surface area contributed by atoms with Crippen molar-refractivity contribution in [3.05, 3.63) is 45.5 Å². The van der Waals surface area contributed by atoms with Crippen LogP contribution in [0.25, 0.3) is 0 Å². The summed E-state index contributed by atoms with van der Waals surface area (Å²) in [4.78, 5) is 5.13. The fourth-order valence-corrected chi connectivity index (χ4v) is 3.72. The Kier molecular flexibility index (Phi) is 3.14. The summed E-state index contributed by atoms with van der Waals surface area (Å²) < 4.78 is 39.1. The van der Waals surface area contributed by atoms with E-state index in [0.717, 1.165) is 29.5 Å². The molecule has 0 saturated carbocycles. The van der Waals surface area contributed by atoms with Gasteiger partial charge in [0.15, 0.2) is 5.13 Å². The van der Waals surface area contributed by atoms with Gasteiger partial charge in [-0.25, -0.2) is 4.98 Å². The standard InChI is InChI=1S/C14H10F3N3S/c15-14(16,17)10-5-7(1-2-8(10)6-18)9-3-4-11-12(9)21-13(19)20-11/h1-2,5,9H,3-4H2,(H2,19,20). The highest BCUT2D eigenvalue weighted by Crippen LogP contribution is 2.43. The second kappa shape index (κ2) is 4.74. The van der Waals surface area contributed by atoms with Gasteiger partial charge in [0.1, 0.15) is 0 Å². The van der Waals surface area contributed by atoms with Crippen LogP contribution in [0.4, 0.5) is 18.3 Å². The van der Waals surface area contributed by atoms with E-state index in [4.69, 9.17) is 11.0 Å². The number of fused-ring (bicyclic) bond motifs is 1. The first-order valence-corrected chi connectivity index (χ1v) is 7.08. The third-order valence-corrected chi connectivity index (χ3v) is 4.64. The summed E-state index contributed by atoms with van der Waals surface area (Å²) in [7, 11) is 0. The molecular weight excluding hydrogens is 299 g/mol. The molecule has 1 heterocycles. The normalized spacial score (nSPS) is 17.5. The molecule has 3 nitrogen and oxygen atoms in total. The smallest absolute Gasteiger partial charge is 0.375 e. The van der Waals surface area contributed by atoms with Crippen LogP contribution in [0.2, 0.25) is 0 Å². The highest BCUT2D eigenvalue weighted by molar-refractivity contribution is 7.15. The van der Waals surface area contributed by atoms with Crippen molar-refractivity contribution in [3.8, 4) is 6.07 Å². The second-order valence-electron chi connectivity index (χ2n) is 4.87. The minimum atomic E-state index is -4.53. The predicted octanol–water partition coefficient (Wildman–Crippen LogP) is 3.69. The van der Waals surface area contributed by atoms with Gasteiger partial charge in [-0.1, -0.05) is 6.07 Å². The first-order valence-electron chi connectivity index (χ1n) is 6.26. The summed E-state index contributed by atoms with van der Waals surface area (Å²) in [5, 5.41) is 9.26. The average Bonchev–Trinajstić information content (AvgIpc) is 2.95. The van der Waals surface area contributed by atoms with Gasteiger partial charge in [0.25, 0.3) is 0 Å². The Morgan fingerprint density at radius 3 is 2.81 bits per heavy atom. The number of hydrogen-bond donors (Lipinski definition) is 1. The number of benzene rings is 1. The minimum absolute atomic E-state index is 0.122. The lowest BCUT2D eigenvalue weighted by molar-refractivity contribution is -0.137. The zero-order valence-electron chi connectivity index (χ0n) is 10.7. The molecule has 0 spiro atoms. The van der Waals surface area contributed by atoms with Gasteiger partial charge in [-0.2, -0.15) is 18.4 Å². The summed E-state index contributed by atoms with van der Waals surface area (Å²) >= 11 is 1.32. The molecule has 7 heteroatoms. The van der Waals surface area contributed by atoms with Gasteiger partial charge in [0.2, 0.25) is 0 Å². The van der Waals surface area contributed by atoms with Crippen LogP contribution in [0.5, 0.6) is 0 Å². The zero-order chi connectivity index (χ0) is 15.2. The largest absolute Gasteiger partial charge is 0.417 e. The van der Waals surface area contributed by atoms with Crippen molar-refractivity contribution in [2.75, 3.05) is 5.73 Å². The Labute approximate surface area is 122 Å². The van der Waals surface area contributed by atoms with Crippen LogP contribution in [0.15, 0.2) is 18.2 Å². The molecule has 0 aliphatic heterocycles. The number of aromatic nitrogens is 1. The number of halogens is 3. The Morgan fingerprint density at radius 1 is 1.38 bits per heavy atom. The Balaban J connectivity index is 2.07. The second-order valence-corrected chi connectivity index (χ2v) is 5.93. The van der Waals surface area contributed by atoms with E-state index in [0.29, 0.717) is 10.7 Å². The quantitative estimate of drug-likeness (QED) is 0.873. The number of hydrogen-bond acceptors (Lipinski definition) is 4. The van der Waals surface area contributed by atoms with Crippen molar-refractivity contribution >= 4 is 16.5 Å². The lowest BCUT2D eigenvalue weighted by atomic mass is 9.94. The molecule has 1 aromatic carbocycles. The molecule has 1 aliphatic rings. The van der Waals surface area contributed by atoms with Crippen molar-refractivity contribution in [1.82, 2.24) is 4.98 Å². The van der Waals surface area contributed by atoms with Gasteiger partial charge in [-0.05, 0) is 30.5 Å². The van der Waals surface area contributed by atoms with E-state index in [1.807, 2.05) is 0 Å². The van der Waals surface area contributed by atoms with E-state index in [2.05, 4.69) is 4.98 Å². The Bertz CT molecular complexity index is 743. The molecule has 1 aliphatic carbocycles. The number of nitrogens with two attached hydrogens (primary N) is 1. The van der Waals surface area contributed by atoms with Gasteiger partial charge in [0.05, 0.1) is 22.9 Å². The van der Waals surface area contributed by atoms with E-state index >= 15 is 0 Å². The zero-order valence-corrected chi connectivity index (χ0v) is 11.6. The van der Waals surface area contributed by atoms with Crippen molar-refractivity contribution < 1.29 is 13.2 Å². The molecule has 2 N–H and O–H groups in total. The number of alkyl halides is 3. The first-order chi connectivity index (χ1) is 9.90. The Morgan fingerprint density at radius 2 is 2.14 bits per heavy atom. The molecule has 0 fully saturated rings. The number of anilines is 1. The van der Waals surface area contributed by atoms with E-state index in [-0.39, 0.29) is 11.5 Å². The van der Waals surface area contributed by atoms with Gasteiger partial charge < -0.3 is 5.73 Å². The van der Waals surface area contributed by atoms with Crippen LogP contribution in [-0.4, -0.2) is 4.98 Å². The highest BCUT2D eigenvalue weighted by atomic mass is 32.1. The number of nitrogen functional groups attached to an aromatic ring is 1. The number of rotatable bonds is 1. The summed E-state index contributed by atoms with van der Waals surface area (Å²) in [5.74, 6) is -0.122. The maximum Gasteiger partial charge on any atom is 0.417 e. The molecular formula is C14H10F3N3S. The fraction of sp³-hybridized carbons (Fsp3) is 0.286. The van der Waals surface area contributed by atoms with Crippen LogP contribution in [0, 0.1) is 11.3 Å². The number of thiazole rings is 1. The van der Waals surface area contributed by atoms with Crippen LogP contribution < -0.4 is 5.73 Å². The average molecular weight is 309 g/mol. The van der Waals surface area contributed by atoms with Crippen LogP contribution in [-0.2, 0) is 12.6 Å². The predicted molar refractivity (Wildman–Crippen MR) is 72.8 cm³/mol. The van der Waals surface area contributed by atoms with E-state index in [1.165, 1.54) is 17.4 Å². The molecule has 2 aromatic rings. The third kappa shape index (κ3) is 2.36. The highest BCUT2D eigenvalue weighted by Gasteiger charge is 2.35. The molecule has 0 radical (unpaired) electrons. The summed E-state index contributed by atoms with van der Waals surface area (Å²) in [6, 6.07) is 5.49. The maximum absolute atomic E-state index is 13.0.